The zero-order chi connectivity index (χ0) is 0. The Hall–Kier alpha value is 3.35. The second-order valence-electron chi connectivity index (χ2n) is 0. The molecule has 0 spiro atoms. The van der Waals surface area contributed by atoms with E-state index in [0.717, 1.165) is 0 Å². The molecule has 0 radical (unpaired) electrons. The van der Waals surface area contributed by atoms with Crippen LogP contribution in [0.4, 0.5) is 0 Å². The third kappa shape index (κ3) is 9.02. The molecule has 0 saturated carbocycles. The average molecular weight is 154 g/mol. The van der Waals surface area contributed by atoms with Crippen molar-refractivity contribution >= 4 is 37.7 Å². The summed E-state index contributed by atoms with van der Waals surface area (Å²) < 4.78 is 0. The maximum atomic E-state index is 0. The molecule has 0 heterocycles. The summed E-state index contributed by atoms with van der Waals surface area (Å²) in [4.78, 5) is 0. The van der Waals surface area contributed by atoms with Gasteiger partial charge in [0.1, 0.15) is 0 Å². The van der Waals surface area contributed by atoms with Crippen LogP contribution in [0.2, 0.25) is 0 Å². The zero-order valence-electron chi connectivity index (χ0n) is 2.43. The predicted molar refractivity (Wildman–Crippen MR) is 6.44 cm³/mol. The molecule has 0 aliphatic carbocycles. The van der Waals surface area contributed by atoms with Gasteiger partial charge in [0.25, 0.3) is 0 Å². The molecule has 0 aliphatic rings. The minimum Gasteiger partial charge on any atom is -2.00 e. The molecule has 0 fully saturated rings. The second-order valence-corrected chi connectivity index (χ2v) is 0. The Labute approximate surface area is 108 Å². The van der Waals surface area contributed by atoms with Crippen LogP contribution in [-0.4, -0.2) is 37.7 Å². The summed E-state index contributed by atoms with van der Waals surface area (Å²) in [6.45, 7) is 0. The van der Waals surface area contributed by atoms with Gasteiger partial charge in [-0.15, -0.1) is 0 Å². The van der Waals surface area contributed by atoms with Gasteiger partial charge < -0.3 is 5.48 Å². The summed E-state index contributed by atoms with van der Waals surface area (Å²) in [5.74, 6) is 0. The van der Waals surface area contributed by atoms with Crippen molar-refractivity contribution in [2.75, 3.05) is 0 Å². The van der Waals surface area contributed by atoms with E-state index in [4.69, 9.17) is 0 Å². The summed E-state index contributed by atoms with van der Waals surface area (Å²) in [5, 5.41) is 0. The molecule has 0 N–H and O–H groups in total. The molecule has 0 saturated heterocycles. The Kier molecular flexibility index (Phi) is 107. The molecular formula is CaKNiO+3. The van der Waals surface area contributed by atoms with E-state index < -0.39 is 0 Å². The van der Waals surface area contributed by atoms with E-state index in [1.807, 2.05) is 0 Å². The van der Waals surface area contributed by atoms with Crippen LogP contribution in [-0.2, 0) is 22.0 Å². The van der Waals surface area contributed by atoms with E-state index >= 15 is 0 Å². The fourth-order valence-electron chi connectivity index (χ4n) is 0. The van der Waals surface area contributed by atoms with Crippen molar-refractivity contribution in [3.8, 4) is 0 Å². The van der Waals surface area contributed by atoms with Gasteiger partial charge in [0.2, 0.25) is 0 Å². The minimum atomic E-state index is 0. The molecule has 0 atom stereocenters. The van der Waals surface area contributed by atoms with Gasteiger partial charge in [-0.05, 0) is 0 Å². The normalized spacial score (nSPS) is 0. The van der Waals surface area contributed by atoms with Gasteiger partial charge in [-0.2, -0.15) is 0 Å². The summed E-state index contributed by atoms with van der Waals surface area (Å²) in [6.07, 6.45) is 0. The minimum absolute atomic E-state index is 0. The predicted octanol–water partition coefficient (Wildman–Crippen LogP) is -3.50. The van der Waals surface area contributed by atoms with E-state index in [2.05, 4.69) is 0 Å². The first-order valence-corrected chi connectivity index (χ1v) is 0. The van der Waals surface area contributed by atoms with Crippen molar-refractivity contribution in [2.24, 2.45) is 0 Å². The molecule has 0 aromatic heterocycles. The number of hydrogen-bond donors (Lipinski definition) is 0. The smallest absolute Gasteiger partial charge is 2.00 e. The van der Waals surface area contributed by atoms with Crippen molar-refractivity contribution < 1.29 is 73.4 Å². The number of rotatable bonds is 0. The second kappa shape index (κ2) is 16.2. The van der Waals surface area contributed by atoms with Crippen LogP contribution in [0.1, 0.15) is 0 Å². The van der Waals surface area contributed by atoms with E-state index in [1.165, 1.54) is 0 Å². The molecular weight excluding hydrogens is 154 g/mol. The van der Waals surface area contributed by atoms with Crippen LogP contribution in [0.25, 0.3) is 0 Å². The molecule has 4 heteroatoms. The Morgan fingerprint density at radius 1 is 1.00 bits per heavy atom. The average Bonchev–Trinajstić information content (AvgIpc) is 0. The van der Waals surface area contributed by atoms with Crippen LogP contribution in [0, 0.1) is 0 Å². The maximum Gasteiger partial charge on any atom is 2.00 e. The monoisotopic (exact) mass is 153 g/mol. The van der Waals surface area contributed by atoms with E-state index in [1.54, 1.807) is 0 Å². The standard InChI is InChI=1S/Ca.K.Ni.O/q+2;+1;+2;-2. The SMILES string of the molecule is [Ca+2].[K+].[Ni+2].[O-2]. The first-order chi connectivity index (χ1) is 0. The third-order valence-electron chi connectivity index (χ3n) is 0. The molecule has 0 unspecified atom stereocenters. The third-order valence-corrected chi connectivity index (χ3v) is 0. The molecule has 0 aromatic carbocycles. The topological polar surface area (TPSA) is 28.5 Å². The van der Waals surface area contributed by atoms with Gasteiger partial charge in [-0.25, -0.2) is 0 Å². The van der Waals surface area contributed by atoms with Crippen LogP contribution in [0.3, 0.4) is 0 Å². The van der Waals surface area contributed by atoms with Gasteiger partial charge in [0.15, 0.2) is 0 Å². The van der Waals surface area contributed by atoms with Crippen molar-refractivity contribution in [2.45, 2.75) is 0 Å². The quantitative estimate of drug-likeness (QED) is 0.324. The van der Waals surface area contributed by atoms with E-state index in [-0.39, 0.29) is 111 Å². The van der Waals surface area contributed by atoms with Crippen LogP contribution >= 0.6 is 0 Å². The van der Waals surface area contributed by atoms with Crippen molar-refractivity contribution in [1.82, 2.24) is 0 Å². The Morgan fingerprint density at radius 3 is 1.00 bits per heavy atom. The van der Waals surface area contributed by atoms with Crippen LogP contribution in [0.5, 0.6) is 0 Å². The van der Waals surface area contributed by atoms with Gasteiger partial charge >= 0.3 is 106 Å². The Bertz CT molecular complexity index is 8.00. The Morgan fingerprint density at radius 2 is 1.00 bits per heavy atom. The molecule has 0 rings (SSSR count). The van der Waals surface area contributed by atoms with E-state index in [0.29, 0.717) is 0 Å². The van der Waals surface area contributed by atoms with Gasteiger partial charge in [-0.3, -0.25) is 0 Å². The number of hydrogen-bond acceptors (Lipinski definition) is 0. The molecule has 4 heavy (non-hydrogen) atoms. The largest absolute Gasteiger partial charge is 2.00 e. The zero-order valence-corrected chi connectivity index (χ0v) is 8.75. The molecule has 0 aromatic rings. The van der Waals surface area contributed by atoms with Crippen LogP contribution in [0.15, 0.2) is 0 Å². The fourth-order valence-corrected chi connectivity index (χ4v) is 0. The summed E-state index contributed by atoms with van der Waals surface area (Å²) in [7, 11) is 0. The first kappa shape index (κ1) is 26.4. The van der Waals surface area contributed by atoms with Crippen molar-refractivity contribution in [1.29, 1.82) is 0 Å². The molecule has 16 valence electrons. The maximum absolute atomic E-state index is 0. The summed E-state index contributed by atoms with van der Waals surface area (Å²) in [6, 6.07) is 0. The molecule has 0 amide bonds. The van der Waals surface area contributed by atoms with Crippen LogP contribution < -0.4 is 51.4 Å². The summed E-state index contributed by atoms with van der Waals surface area (Å²) in [5.41, 5.74) is 0. The molecule has 0 aliphatic heterocycles. The molecule has 0 bridgehead atoms. The van der Waals surface area contributed by atoms with Gasteiger partial charge in [-0.1, -0.05) is 0 Å². The van der Waals surface area contributed by atoms with E-state index in [9.17, 15) is 0 Å². The van der Waals surface area contributed by atoms with Gasteiger partial charge in [0, 0.05) is 0 Å². The molecule has 1 nitrogen and oxygen atoms in total. The fraction of sp³-hybridized carbons (Fsp3) is 0. The Balaban J connectivity index is 0. The van der Waals surface area contributed by atoms with Gasteiger partial charge in [0.05, 0.1) is 0 Å². The summed E-state index contributed by atoms with van der Waals surface area (Å²) >= 11 is 0. The first-order valence-electron chi connectivity index (χ1n) is 0. The van der Waals surface area contributed by atoms with Crippen molar-refractivity contribution in [3.05, 3.63) is 0 Å². The van der Waals surface area contributed by atoms with Crippen molar-refractivity contribution in [3.63, 3.8) is 0 Å².